The fourth-order valence-corrected chi connectivity index (χ4v) is 8.55. The number of nitrogens with zero attached hydrogens (tertiary/aromatic N) is 2. The number of aliphatic hydroxyl groups excluding tert-OH is 2. The number of aromatic amines is 2. The summed E-state index contributed by atoms with van der Waals surface area (Å²) in [6, 6.07) is 8.85. The summed E-state index contributed by atoms with van der Waals surface area (Å²) < 4.78 is 6.00. The van der Waals surface area contributed by atoms with E-state index in [1.165, 1.54) is 22.3 Å². The molecular weight excluding hydrogens is 593 g/mol. The van der Waals surface area contributed by atoms with E-state index < -0.39 is 6.10 Å². The number of hydrogen-bond donors (Lipinski definition) is 4. The van der Waals surface area contributed by atoms with Gasteiger partial charge in [0.1, 0.15) is 5.44 Å². The minimum Gasteiger partial charge on any atom is -0.394 e. The Kier molecular flexibility index (Phi) is 9.62. The highest BCUT2D eigenvalue weighted by molar-refractivity contribution is 7.99. The van der Waals surface area contributed by atoms with Gasteiger partial charge >= 0.3 is 0 Å². The van der Waals surface area contributed by atoms with E-state index in [0.29, 0.717) is 12.8 Å². The number of allylic oxidation sites excluding steroid dienone is 2. The molecule has 0 spiro atoms. The van der Waals surface area contributed by atoms with Crippen LogP contribution in [0, 0.1) is 20.8 Å². The number of nitrogens with one attached hydrogen (secondary N) is 2. The zero-order chi connectivity index (χ0) is 32.7. The Bertz CT molecular complexity index is 1840. The van der Waals surface area contributed by atoms with Gasteiger partial charge in [0.25, 0.3) is 0 Å². The predicted octanol–water partition coefficient (Wildman–Crippen LogP) is 8.48. The first-order chi connectivity index (χ1) is 22.1. The molecule has 4 N–H and O–H groups in total. The van der Waals surface area contributed by atoms with Crippen LogP contribution in [0.4, 0.5) is 0 Å². The van der Waals surface area contributed by atoms with Crippen molar-refractivity contribution in [3.05, 3.63) is 75.9 Å². The van der Waals surface area contributed by atoms with Crippen LogP contribution in [-0.4, -0.2) is 60.2 Å². The van der Waals surface area contributed by atoms with E-state index in [0.717, 1.165) is 81.0 Å². The minimum atomic E-state index is -0.413. The van der Waals surface area contributed by atoms with Crippen LogP contribution in [-0.2, 0) is 4.74 Å². The second-order valence-electron chi connectivity index (χ2n) is 13.2. The molecular formula is C38H48N4O3S. The largest absolute Gasteiger partial charge is 0.394 e. The number of aryl methyl sites for hydroxylation is 3. The molecule has 0 unspecified atom stereocenters. The van der Waals surface area contributed by atoms with Gasteiger partial charge in [-0.25, -0.2) is 4.98 Å². The van der Waals surface area contributed by atoms with E-state index in [-0.39, 0.29) is 30.0 Å². The summed E-state index contributed by atoms with van der Waals surface area (Å²) in [6.07, 6.45) is 5.28. The molecule has 6 heterocycles. The van der Waals surface area contributed by atoms with Gasteiger partial charge < -0.3 is 24.9 Å². The maximum atomic E-state index is 10.2. The molecule has 1 saturated heterocycles. The zero-order valence-corrected chi connectivity index (χ0v) is 28.9. The van der Waals surface area contributed by atoms with Crippen LogP contribution >= 0.6 is 11.8 Å². The number of aliphatic hydroxyl groups is 2. The summed E-state index contributed by atoms with van der Waals surface area (Å²) >= 11 is 1.75. The van der Waals surface area contributed by atoms with Gasteiger partial charge in [0.05, 0.1) is 30.2 Å². The Morgan fingerprint density at radius 2 is 1.72 bits per heavy atom. The molecule has 8 bridgehead atoms. The van der Waals surface area contributed by atoms with E-state index in [9.17, 15) is 10.2 Å². The molecule has 0 saturated carbocycles. The highest BCUT2D eigenvalue weighted by atomic mass is 32.2. The average Bonchev–Trinajstić information content (AvgIpc) is 3.73. The van der Waals surface area contributed by atoms with E-state index in [4.69, 9.17) is 14.7 Å². The lowest BCUT2D eigenvalue weighted by Crippen LogP contribution is -2.36. The maximum absolute atomic E-state index is 10.2. The lowest BCUT2D eigenvalue weighted by molar-refractivity contribution is -0.0783. The van der Waals surface area contributed by atoms with E-state index >= 15 is 0 Å². The van der Waals surface area contributed by atoms with Gasteiger partial charge in [-0.2, -0.15) is 0 Å². The van der Waals surface area contributed by atoms with Crippen molar-refractivity contribution in [1.29, 1.82) is 0 Å². The lowest BCUT2D eigenvalue weighted by Gasteiger charge is -2.32. The molecule has 0 aromatic carbocycles. The summed E-state index contributed by atoms with van der Waals surface area (Å²) in [7, 11) is 0. The van der Waals surface area contributed by atoms with Crippen molar-refractivity contribution in [2.24, 2.45) is 0 Å². The molecule has 46 heavy (non-hydrogen) atoms. The molecule has 7 nitrogen and oxygen atoms in total. The van der Waals surface area contributed by atoms with E-state index in [2.05, 4.69) is 82.4 Å². The number of hydrogen-bond acceptors (Lipinski definition) is 6. The van der Waals surface area contributed by atoms with Crippen LogP contribution in [0.15, 0.2) is 30.8 Å². The quantitative estimate of drug-likeness (QED) is 0.184. The Morgan fingerprint density at radius 3 is 2.46 bits per heavy atom. The average molecular weight is 641 g/mol. The number of ether oxygens (including phenoxy) is 1. The van der Waals surface area contributed by atoms with Crippen LogP contribution in [0.2, 0.25) is 0 Å². The van der Waals surface area contributed by atoms with E-state index in [1.54, 1.807) is 11.8 Å². The van der Waals surface area contributed by atoms with Gasteiger partial charge in [-0.15, -0.1) is 11.8 Å². The van der Waals surface area contributed by atoms with Crippen molar-refractivity contribution in [2.75, 3.05) is 12.4 Å². The first kappa shape index (κ1) is 32.8. The van der Waals surface area contributed by atoms with Crippen LogP contribution in [0.5, 0.6) is 0 Å². The monoisotopic (exact) mass is 640 g/mol. The Balaban J connectivity index is 1.44. The topological polar surface area (TPSA) is 107 Å². The normalized spacial score (nSPS) is 23.3. The van der Waals surface area contributed by atoms with E-state index in [1.807, 2.05) is 6.08 Å². The van der Waals surface area contributed by atoms with Gasteiger partial charge in [-0.1, -0.05) is 26.5 Å². The van der Waals surface area contributed by atoms with Gasteiger partial charge in [0.15, 0.2) is 0 Å². The molecule has 5 atom stereocenters. The van der Waals surface area contributed by atoms with Crippen molar-refractivity contribution in [3.63, 3.8) is 0 Å². The zero-order valence-electron chi connectivity index (χ0n) is 28.0. The van der Waals surface area contributed by atoms with Crippen molar-refractivity contribution in [3.8, 4) is 0 Å². The summed E-state index contributed by atoms with van der Waals surface area (Å²) in [4.78, 5) is 17.9. The Hall–Kier alpha value is -3.17. The highest BCUT2D eigenvalue weighted by Gasteiger charge is 2.31. The fourth-order valence-electron chi connectivity index (χ4n) is 7.36. The fraction of sp³-hybridized carbons (Fsp3) is 0.474. The Morgan fingerprint density at radius 1 is 0.978 bits per heavy atom. The van der Waals surface area contributed by atoms with Gasteiger partial charge in [-0.05, 0) is 105 Å². The van der Waals surface area contributed by atoms with Crippen molar-refractivity contribution < 1.29 is 14.9 Å². The van der Waals surface area contributed by atoms with Crippen LogP contribution < -0.4 is 0 Å². The smallest absolute Gasteiger partial charge is 0.106 e. The number of H-pyrrole nitrogens is 2. The molecule has 8 heteroatoms. The summed E-state index contributed by atoms with van der Waals surface area (Å²) in [5.41, 5.74) is 15.5. The van der Waals surface area contributed by atoms with Gasteiger partial charge in [0.2, 0.25) is 0 Å². The molecule has 3 aromatic heterocycles. The molecule has 3 aliphatic rings. The second-order valence-corrected chi connectivity index (χ2v) is 14.5. The van der Waals surface area contributed by atoms with Crippen LogP contribution in [0.25, 0.3) is 39.3 Å². The third-order valence-electron chi connectivity index (χ3n) is 10.2. The lowest BCUT2D eigenvalue weighted by atomic mass is 9.86. The first-order valence-corrected chi connectivity index (χ1v) is 17.8. The molecule has 244 valence electrons. The maximum Gasteiger partial charge on any atom is 0.106 e. The highest BCUT2D eigenvalue weighted by Crippen LogP contribution is 2.42. The number of fused-ring (bicyclic) bond motifs is 8. The first-order valence-electron chi connectivity index (χ1n) is 16.7. The summed E-state index contributed by atoms with van der Waals surface area (Å²) in [5, 5.41) is 19.8. The predicted molar refractivity (Wildman–Crippen MR) is 192 cm³/mol. The third-order valence-corrected chi connectivity index (χ3v) is 11.4. The van der Waals surface area contributed by atoms with Crippen LogP contribution in [0.1, 0.15) is 110 Å². The standard InChI is InChI=1S/C38H48N4O3S/c1-8-27-22(5)33-18-36-28(9-2)21(4)32(40-36)17-34-23(6)29(11-10-12-46-37-15-25(44)14-26(19-43)45-37)38(42-34)24(7)31-13-20(3)30(39-31)16-35(27)41-33/h9,13,16-18,23,25-26,29,37,39-40,43-44H,2,8,10-12,14-15,19H2,1,3-7H3/t23-,25-,26-,29-,37-/m0/s1. The number of thioether (sulfide) groups is 1. The van der Waals surface area contributed by atoms with Crippen molar-refractivity contribution >= 4 is 51.1 Å². The summed E-state index contributed by atoms with van der Waals surface area (Å²) in [5.74, 6) is 1.45. The van der Waals surface area contributed by atoms with Crippen molar-refractivity contribution in [1.82, 2.24) is 19.9 Å². The second kappa shape index (κ2) is 13.5. The number of rotatable bonds is 8. The summed E-state index contributed by atoms with van der Waals surface area (Å²) in [6.45, 7) is 17.3. The SMILES string of the molecule is C=Cc1c(C)c2cc3nc(c(C)c4cc(C)c(cc5nc(cc1[nH]2)C(C)=C5CC)[nH]4)[C@@H](CCCS[C@H]1C[C@@H](O)C[C@@H](CO)O1)[C@@H]3C. The van der Waals surface area contributed by atoms with Gasteiger partial charge in [-0.3, -0.25) is 4.98 Å². The molecule has 3 aliphatic heterocycles. The molecule has 0 aliphatic carbocycles. The van der Waals surface area contributed by atoms with Gasteiger partial charge in [0, 0.05) is 63.7 Å². The molecule has 3 aromatic rings. The number of aromatic nitrogens is 4. The molecule has 0 amide bonds. The third kappa shape index (κ3) is 6.25. The molecule has 6 rings (SSSR count). The molecule has 0 radical (unpaired) electrons. The molecule has 1 fully saturated rings. The van der Waals surface area contributed by atoms with Crippen LogP contribution in [0.3, 0.4) is 0 Å². The van der Waals surface area contributed by atoms with Crippen molar-refractivity contribution in [2.45, 2.75) is 103 Å². The Labute approximate surface area is 276 Å². The minimum absolute atomic E-state index is 0.0484.